The topological polar surface area (TPSA) is 20.2 Å². The van der Waals surface area contributed by atoms with Crippen LogP contribution >= 0.6 is 0 Å². The lowest BCUT2D eigenvalue weighted by molar-refractivity contribution is 0.141. The van der Waals surface area contributed by atoms with Crippen molar-refractivity contribution in [3.8, 4) is 0 Å². The zero-order valence-electron chi connectivity index (χ0n) is 11.3. The molecule has 1 heteroatoms. The first kappa shape index (κ1) is 15.0. The number of hydrogen-bond donors (Lipinski definition) is 1. The summed E-state index contributed by atoms with van der Waals surface area (Å²) in [5.74, 6) is 0.770. The van der Waals surface area contributed by atoms with Crippen LogP contribution in [0.3, 0.4) is 0 Å². The van der Waals surface area contributed by atoms with Crippen LogP contribution in [0.1, 0.15) is 73.1 Å². The summed E-state index contributed by atoms with van der Waals surface area (Å²) >= 11 is 0. The Morgan fingerprint density at radius 2 is 1.47 bits per heavy atom. The van der Waals surface area contributed by atoms with Crippen molar-refractivity contribution >= 4 is 0 Å². The Labute approximate surface area is 96.3 Å². The molecule has 0 heterocycles. The normalized spacial score (nSPS) is 14.6. The van der Waals surface area contributed by atoms with E-state index in [2.05, 4.69) is 34.6 Å². The third-order valence-electron chi connectivity index (χ3n) is 2.78. The van der Waals surface area contributed by atoms with Crippen LogP contribution in [0.25, 0.3) is 0 Å². The summed E-state index contributed by atoms with van der Waals surface area (Å²) in [7, 11) is 0. The fraction of sp³-hybridized carbons (Fsp3) is 1.00. The highest BCUT2D eigenvalue weighted by atomic mass is 16.3. The van der Waals surface area contributed by atoms with Crippen LogP contribution in [0.2, 0.25) is 0 Å². The largest absolute Gasteiger partial charge is 0.393 e. The second-order valence-corrected chi connectivity index (χ2v) is 6.43. The Kier molecular flexibility index (Phi) is 7.25. The monoisotopic (exact) mass is 214 g/mol. The van der Waals surface area contributed by atoms with Crippen molar-refractivity contribution in [2.24, 2.45) is 11.3 Å². The molecule has 0 aliphatic carbocycles. The van der Waals surface area contributed by atoms with Crippen LogP contribution in [0, 0.1) is 11.3 Å². The van der Waals surface area contributed by atoms with E-state index in [9.17, 15) is 5.11 Å². The van der Waals surface area contributed by atoms with Gasteiger partial charge in [0.05, 0.1) is 6.10 Å². The third kappa shape index (κ3) is 11.9. The lowest BCUT2D eigenvalue weighted by Crippen LogP contribution is -2.10. The highest BCUT2D eigenvalue weighted by Crippen LogP contribution is 2.22. The van der Waals surface area contributed by atoms with E-state index in [0.29, 0.717) is 5.41 Å². The summed E-state index contributed by atoms with van der Waals surface area (Å²) in [6.45, 7) is 11.3. The van der Waals surface area contributed by atoms with E-state index in [4.69, 9.17) is 0 Å². The summed E-state index contributed by atoms with van der Waals surface area (Å²) in [4.78, 5) is 0. The molecule has 1 N–H and O–H groups in total. The SMILES string of the molecule is CC(C)CCCC(O)CCCC(C)(C)C. The van der Waals surface area contributed by atoms with Gasteiger partial charge in [0.15, 0.2) is 0 Å². The molecule has 0 saturated heterocycles. The van der Waals surface area contributed by atoms with Crippen LogP contribution in [-0.2, 0) is 0 Å². The van der Waals surface area contributed by atoms with Crippen LogP contribution in [0.5, 0.6) is 0 Å². The van der Waals surface area contributed by atoms with Crippen molar-refractivity contribution in [3.63, 3.8) is 0 Å². The number of aliphatic hydroxyl groups is 1. The van der Waals surface area contributed by atoms with Crippen LogP contribution in [0.4, 0.5) is 0 Å². The van der Waals surface area contributed by atoms with Crippen LogP contribution in [0.15, 0.2) is 0 Å². The van der Waals surface area contributed by atoms with Gasteiger partial charge in [-0.15, -0.1) is 0 Å². The molecule has 0 aromatic rings. The molecule has 15 heavy (non-hydrogen) atoms. The maximum atomic E-state index is 9.76. The van der Waals surface area contributed by atoms with Crippen molar-refractivity contribution in [2.75, 3.05) is 0 Å². The first-order chi connectivity index (χ1) is 6.81. The Morgan fingerprint density at radius 1 is 0.933 bits per heavy atom. The fourth-order valence-electron chi connectivity index (χ4n) is 1.77. The summed E-state index contributed by atoms with van der Waals surface area (Å²) in [6, 6.07) is 0. The average molecular weight is 214 g/mol. The molecule has 1 unspecified atom stereocenters. The maximum absolute atomic E-state index is 9.76. The molecule has 0 aromatic heterocycles. The molecule has 0 radical (unpaired) electrons. The molecule has 0 aliphatic heterocycles. The Balaban J connectivity index is 3.37. The van der Waals surface area contributed by atoms with Gasteiger partial charge in [0.1, 0.15) is 0 Å². The number of hydrogen-bond acceptors (Lipinski definition) is 1. The molecule has 0 amide bonds. The molecule has 1 nitrogen and oxygen atoms in total. The molecule has 0 bridgehead atoms. The predicted octanol–water partition coefficient (Wildman–Crippen LogP) is 4.39. The second kappa shape index (κ2) is 7.27. The molecule has 0 saturated carbocycles. The molecule has 0 spiro atoms. The van der Waals surface area contributed by atoms with E-state index in [1.165, 1.54) is 19.3 Å². The van der Waals surface area contributed by atoms with Crippen molar-refractivity contribution < 1.29 is 5.11 Å². The lowest BCUT2D eigenvalue weighted by atomic mass is 9.89. The first-order valence-electron chi connectivity index (χ1n) is 6.49. The Morgan fingerprint density at radius 3 is 1.93 bits per heavy atom. The van der Waals surface area contributed by atoms with Gasteiger partial charge < -0.3 is 5.11 Å². The van der Waals surface area contributed by atoms with Gasteiger partial charge in [-0.3, -0.25) is 0 Å². The minimum absolute atomic E-state index is 0.0638. The zero-order valence-corrected chi connectivity index (χ0v) is 11.3. The van der Waals surface area contributed by atoms with Gasteiger partial charge in [-0.1, -0.05) is 53.9 Å². The van der Waals surface area contributed by atoms with E-state index in [1.807, 2.05) is 0 Å². The van der Waals surface area contributed by atoms with E-state index in [0.717, 1.165) is 25.2 Å². The Bertz CT molecular complexity index is 144. The summed E-state index contributed by atoms with van der Waals surface area (Å²) in [6.07, 6.45) is 6.70. The van der Waals surface area contributed by atoms with E-state index in [-0.39, 0.29) is 6.10 Å². The highest BCUT2D eigenvalue weighted by molar-refractivity contribution is 4.64. The lowest BCUT2D eigenvalue weighted by Gasteiger charge is -2.19. The average Bonchev–Trinajstić information content (AvgIpc) is 2.00. The van der Waals surface area contributed by atoms with E-state index in [1.54, 1.807) is 0 Å². The highest BCUT2D eigenvalue weighted by Gasteiger charge is 2.11. The smallest absolute Gasteiger partial charge is 0.0540 e. The van der Waals surface area contributed by atoms with Gasteiger partial charge in [-0.2, -0.15) is 0 Å². The van der Waals surface area contributed by atoms with Gasteiger partial charge in [0, 0.05) is 0 Å². The molecule has 92 valence electrons. The van der Waals surface area contributed by atoms with Gasteiger partial charge in [-0.25, -0.2) is 0 Å². The van der Waals surface area contributed by atoms with E-state index >= 15 is 0 Å². The van der Waals surface area contributed by atoms with Gasteiger partial charge in [-0.05, 0) is 30.6 Å². The summed E-state index contributed by atoms with van der Waals surface area (Å²) in [5.41, 5.74) is 0.414. The van der Waals surface area contributed by atoms with Crippen LogP contribution < -0.4 is 0 Å². The second-order valence-electron chi connectivity index (χ2n) is 6.43. The molecule has 0 aliphatic rings. The van der Waals surface area contributed by atoms with Crippen molar-refractivity contribution in [3.05, 3.63) is 0 Å². The van der Waals surface area contributed by atoms with Gasteiger partial charge >= 0.3 is 0 Å². The van der Waals surface area contributed by atoms with Crippen LogP contribution in [-0.4, -0.2) is 11.2 Å². The Hall–Kier alpha value is -0.0400. The molecular formula is C14H30O. The van der Waals surface area contributed by atoms with Gasteiger partial charge in [0.2, 0.25) is 0 Å². The first-order valence-corrected chi connectivity index (χ1v) is 6.49. The maximum Gasteiger partial charge on any atom is 0.0540 e. The number of aliphatic hydroxyl groups excluding tert-OH is 1. The van der Waals surface area contributed by atoms with E-state index < -0.39 is 0 Å². The number of rotatable bonds is 7. The fourth-order valence-corrected chi connectivity index (χ4v) is 1.77. The molecule has 0 aromatic carbocycles. The third-order valence-corrected chi connectivity index (χ3v) is 2.78. The minimum atomic E-state index is -0.0638. The predicted molar refractivity (Wildman–Crippen MR) is 68.0 cm³/mol. The van der Waals surface area contributed by atoms with Gasteiger partial charge in [0.25, 0.3) is 0 Å². The molecular weight excluding hydrogens is 184 g/mol. The van der Waals surface area contributed by atoms with Crippen molar-refractivity contribution in [1.82, 2.24) is 0 Å². The standard InChI is InChI=1S/C14H30O/c1-12(2)8-6-9-13(15)10-7-11-14(3,4)5/h12-13,15H,6-11H2,1-5H3. The summed E-state index contributed by atoms with van der Waals surface area (Å²) in [5, 5.41) is 9.76. The minimum Gasteiger partial charge on any atom is -0.393 e. The quantitative estimate of drug-likeness (QED) is 0.666. The molecule has 0 rings (SSSR count). The van der Waals surface area contributed by atoms with Crippen molar-refractivity contribution in [1.29, 1.82) is 0 Å². The van der Waals surface area contributed by atoms with Crippen molar-refractivity contribution in [2.45, 2.75) is 79.2 Å². The summed E-state index contributed by atoms with van der Waals surface area (Å²) < 4.78 is 0. The molecule has 0 fully saturated rings. The molecule has 1 atom stereocenters. The zero-order chi connectivity index (χ0) is 11.9.